The maximum Gasteiger partial charge on any atom is 0.258 e. The van der Waals surface area contributed by atoms with Gasteiger partial charge in [0.05, 0.1) is 30.3 Å². The van der Waals surface area contributed by atoms with Crippen molar-refractivity contribution in [3.05, 3.63) is 66.4 Å². The minimum atomic E-state index is -0.214. The van der Waals surface area contributed by atoms with Crippen molar-refractivity contribution < 1.29 is 9.21 Å². The summed E-state index contributed by atoms with van der Waals surface area (Å²) in [5.74, 6) is 0.434. The SMILES string of the molecule is CCn1cc2ncc(N[C@@H](C)c3cccc(NC(=O)c4ccoc4)c3)nc2n1. The first kappa shape index (κ1) is 17.7. The Labute approximate surface area is 161 Å². The highest BCUT2D eigenvalue weighted by Gasteiger charge is 2.11. The summed E-state index contributed by atoms with van der Waals surface area (Å²) in [6.07, 6.45) is 6.46. The standard InChI is InChI=1S/C20H20N6O2/c1-3-26-11-17-19(25-26)24-18(10-21-17)22-13(2)14-5-4-6-16(9-14)23-20(27)15-7-8-28-12-15/h4-13H,3H2,1-2H3,(H,23,27)(H,22,24,25)/t13-/m0/s1. The van der Waals surface area contributed by atoms with E-state index in [1.807, 2.05) is 49.0 Å². The summed E-state index contributed by atoms with van der Waals surface area (Å²) in [6, 6.07) is 9.24. The maximum atomic E-state index is 12.2. The summed E-state index contributed by atoms with van der Waals surface area (Å²) in [5.41, 5.74) is 3.57. The highest BCUT2D eigenvalue weighted by Crippen LogP contribution is 2.22. The molecule has 0 aliphatic rings. The van der Waals surface area contributed by atoms with Crippen LogP contribution in [0.15, 0.2) is 59.7 Å². The van der Waals surface area contributed by atoms with Crippen molar-refractivity contribution in [2.75, 3.05) is 10.6 Å². The molecular formula is C20H20N6O2. The Bertz CT molecular complexity index is 1100. The molecule has 8 nitrogen and oxygen atoms in total. The highest BCUT2D eigenvalue weighted by molar-refractivity contribution is 6.04. The third kappa shape index (κ3) is 3.71. The molecule has 1 atom stereocenters. The number of amides is 1. The van der Waals surface area contributed by atoms with E-state index in [0.29, 0.717) is 22.7 Å². The first-order valence-corrected chi connectivity index (χ1v) is 9.02. The number of aromatic nitrogens is 4. The summed E-state index contributed by atoms with van der Waals surface area (Å²) in [6.45, 7) is 4.81. The number of nitrogens with zero attached hydrogens (tertiary/aromatic N) is 4. The molecule has 3 aromatic heterocycles. The van der Waals surface area contributed by atoms with Crippen LogP contribution in [0.2, 0.25) is 0 Å². The van der Waals surface area contributed by atoms with Gasteiger partial charge in [0.1, 0.15) is 17.6 Å². The quantitative estimate of drug-likeness (QED) is 0.530. The molecule has 142 valence electrons. The zero-order valence-electron chi connectivity index (χ0n) is 15.6. The Kier molecular flexibility index (Phi) is 4.76. The lowest BCUT2D eigenvalue weighted by molar-refractivity contribution is 0.102. The molecule has 0 aliphatic carbocycles. The highest BCUT2D eigenvalue weighted by atomic mass is 16.3. The number of rotatable bonds is 6. The van der Waals surface area contributed by atoms with Gasteiger partial charge in [-0.25, -0.2) is 9.97 Å². The van der Waals surface area contributed by atoms with Crippen LogP contribution in [0.3, 0.4) is 0 Å². The Hall–Kier alpha value is -3.68. The molecule has 0 bridgehead atoms. The van der Waals surface area contributed by atoms with Gasteiger partial charge in [0.15, 0.2) is 0 Å². The molecule has 0 saturated carbocycles. The molecule has 0 spiro atoms. The molecule has 0 radical (unpaired) electrons. The summed E-state index contributed by atoms with van der Waals surface area (Å²) in [5, 5.41) is 10.6. The van der Waals surface area contributed by atoms with E-state index >= 15 is 0 Å². The summed E-state index contributed by atoms with van der Waals surface area (Å²) in [7, 11) is 0. The van der Waals surface area contributed by atoms with Crippen LogP contribution in [0.4, 0.5) is 11.5 Å². The first-order valence-electron chi connectivity index (χ1n) is 9.02. The van der Waals surface area contributed by atoms with E-state index in [1.165, 1.54) is 12.5 Å². The number of benzene rings is 1. The zero-order chi connectivity index (χ0) is 19.5. The Morgan fingerprint density at radius 2 is 2.21 bits per heavy atom. The minimum Gasteiger partial charge on any atom is -0.472 e. The van der Waals surface area contributed by atoms with E-state index < -0.39 is 0 Å². The van der Waals surface area contributed by atoms with Crippen molar-refractivity contribution in [2.24, 2.45) is 0 Å². The second-order valence-electron chi connectivity index (χ2n) is 6.41. The molecule has 4 rings (SSSR count). The van der Waals surface area contributed by atoms with Crippen LogP contribution in [-0.2, 0) is 6.54 Å². The van der Waals surface area contributed by atoms with Crippen LogP contribution in [0, 0.1) is 0 Å². The van der Waals surface area contributed by atoms with Gasteiger partial charge in [-0.15, -0.1) is 0 Å². The molecule has 8 heteroatoms. The molecule has 0 unspecified atom stereocenters. The summed E-state index contributed by atoms with van der Waals surface area (Å²) >= 11 is 0. The van der Waals surface area contributed by atoms with Crippen LogP contribution in [0.5, 0.6) is 0 Å². The van der Waals surface area contributed by atoms with Gasteiger partial charge in [0.25, 0.3) is 5.91 Å². The largest absolute Gasteiger partial charge is 0.472 e. The van der Waals surface area contributed by atoms with E-state index in [-0.39, 0.29) is 11.9 Å². The van der Waals surface area contributed by atoms with Crippen LogP contribution < -0.4 is 10.6 Å². The van der Waals surface area contributed by atoms with Gasteiger partial charge in [-0.2, -0.15) is 5.10 Å². The number of furan rings is 1. The van der Waals surface area contributed by atoms with Crippen LogP contribution in [-0.4, -0.2) is 25.7 Å². The maximum absolute atomic E-state index is 12.2. The van der Waals surface area contributed by atoms with Crippen molar-refractivity contribution in [2.45, 2.75) is 26.4 Å². The Morgan fingerprint density at radius 1 is 1.32 bits per heavy atom. The third-order valence-corrected chi connectivity index (χ3v) is 4.39. The molecule has 2 N–H and O–H groups in total. The van der Waals surface area contributed by atoms with Crippen molar-refractivity contribution >= 4 is 28.6 Å². The molecular weight excluding hydrogens is 356 g/mol. The van der Waals surface area contributed by atoms with E-state index in [0.717, 1.165) is 17.6 Å². The summed E-state index contributed by atoms with van der Waals surface area (Å²) < 4.78 is 6.76. The topological polar surface area (TPSA) is 97.9 Å². The average Bonchev–Trinajstić information content (AvgIpc) is 3.37. The molecule has 0 saturated heterocycles. The molecule has 1 aromatic carbocycles. The Balaban J connectivity index is 1.48. The van der Waals surface area contributed by atoms with Gasteiger partial charge in [-0.05, 0) is 37.6 Å². The number of fused-ring (bicyclic) bond motifs is 1. The average molecular weight is 376 g/mol. The van der Waals surface area contributed by atoms with E-state index in [9.17, 15) is 4.79 Å². The zero-order valence-corrected chi connectivity index (χ0v) is 15.6. The fourth-order valence-electron chi connectivity index (χ4n) is 2.86. The van der Waals surface area contributed by atoms with Crippen molar-refractivity contribution in [3.63, 3.8) is 0 Å². The Morgan fingerprint density at radius 3 is 3.00 bits per heavy atom. The fourth-order valence-corrected chi connectivity index (χ4v) is 2.86. The van der Waals surface area contributed by atoms with E-state index in [1.54, 1.807) is 12.3 Å². The second-order valence-corrected chi connectivity index (χ2v) is 6.41. The molecule has 1 amide bonds. The van der Waals surface area contributed by atoms with Gasteiger partial charge in [-0.3, -0.25) is 9.48 Å². The van der Waals surface area contributed by atoms with Gasteiger partial charge in [-0.1, -0.05) is 12.1 Å². The van der Waals surface area contributed by atoms with E-state index in [2.05, 4.69) is 25.7 Å². The van der Waals surface area contributed by atoms with Crippen LogP contribution in [0.1, 0.15) is 35.8 Å². The number of hydrogen-bond acceptors (Lipinski definition) is 6. The number of nitrogens with one attached hydrogen (secondary N) is 2. The second kappa shape index (κ2) is 7.51. The third-order valence-electron chi connectivity index (χ3n) is 4.39. The lowest BCUT2D eigenvalue weighted by Crippen LogP contribution is -2.12. The summed E-state index contributed by atoms with van der Waals surface area (Å²) in [4.78, 5) is 21.1. The molecule has 4 aromatic rings. The van der Waals surface area contributed by atoms with Crippen molar-refractivity contribution in [1.29, 1.82) is 0 Å². The number of aryl methyl sites for hydroxylation is 1. The van der Waals surface area contributed by atoms with Crippen molar-refractivity contribution in [3.8, 4) is 0 Å². The number of hydrogen-bond donors (Lipinski definition) is 2. The lowest BCUT2D eigenvalue weighted by atomic mass is 10.1. The number of carbonyl (C=O) groups is 1. The predicted molar refractivity (Wildman–Crippen MR) is 106 cm³/mol. The smallest absolute Gasteiger partial charge is 0.258 e. The fraction of sp³-hybridized carbons (Fsp3) is 0.200. The van der Waals surface area contributed by atoms with Gasteiger partial charge in [0, 0.05) is 12.2 Å². The van der Waals surface area contributed by atoms with Crippen LogP contribution in [0.25, 0.3) is 11.2 Å². The van der Waals surface area contributed by atoms with Gasteiger partial charge >= 0.3 is 0 Å². The molecule has 28 heavy (non-hydrogen) atoms. The van der Waals surface area contributed by atoms with Gasteiger partial charge in [0.2, 0.25) is 5.65 Å². The van der Waals surface area contributed by atoms with Gasteiger partial charge < -0.3 is 15.1 Å². The first-order chi connectivity index (χ1) is 13.6. The minimum absolute atomic E-state index is 0.0363. The monoisotopic (exact) mass is 376 g/mol. The van der Waals surface area contributed by atoms with Crippen molar-refractivity contribution in [1.82, 2.24) is 19.7 Å². The number of anilines is 2. The normalized spacial score (nSPS) is 12.1. The molecule has 3 heterocycles. The predicted octanol–water partition coefficient (Wildman–Crippen LogP) is 3.86. The van der Waals surface area contributed by atoms with Crippen LogP contribution >= 0.6 is 0 Å². The molecule has 0 fully saturated rings. The lowest BCUT2D eigenvalue weighted by Gasteiger charge is -2.16. The van der Waals surface area contributed by atoms with E-state index in [4.69, 9.17) is 4.42 Å². The number of carbonyl (C=O) groups excluding carboxylic acids is 1. The molecule has 0 aliphatic heterocycles.